The summed E-state index contributed by atoms with van der Waals surface area (Å²) in [5, 5.41) is 3.35. The molecule has 1 aromatic heterocycles. The van der Waals surface area contributed by atoms with Gasteiger partial charge in [0.25, 0.3) is 10.0 Å². The van der Waals surface area contributed by atoms with Gasteiger partial charge in [-0.3, -0.25) is 0 Å². The van der Waals surface area contributed by atoms with Gasteiger partial charge in [-0.2, -0.15) is 4.31 Å². The molecule has 0 aliphatic carbocycles. The van der Waals surface area contributed by atoms with Gasteiger partial charge in [-0.05, 0) is 50.4 Å². The second-order valence-corrected chi connectivity index (χ2v) is 8.98. The number of hydrogen-bond acceptors (Lipinski definition) is 4. The lowest BCUT2D eigenvalue weighted by Crippen LogP contribution is -2.28. The Bertz CT molecular complexity index is 540. The van der Waals surface area contributed by atoms with Crippen LogP contribution in [-0.2, 0) is 16.4 Å². The van der Waals surface area contributed by atoms with Gasteiger partial charge in [0, 0.05) is 18.0 Å². The highest BCUT2D eigenvalue weighted by Gasteiger charge is 2.32. The van der Waals surface area contributed by atoms with E-state index in [1.807, 2.05) is 6.07 Å². The van der Waals surface area contributed by atoms with Crippen molar-refractivity contribution in [1.82, 2.24) is 9.62 Å². The highest BCUT2D eigenvalue weighted by atomic mass is 32.2. The van der Waals surface area contributed by atoms with Crippen LogP contribution in [0.15, 0.2) is 16.3 Å². The minimum absolute atomic E-state index is 0.504. The Kier molecular flexibility index (Phi) is 6.22. The van der Waals surface area contributed by atoms with Gasteiger partial charge in [0.1, 0.15) is 4.21 Å². The molecule has 1 fully saturated rings. The second kappa shape index (κ2) is 7.72. The van der Waals surface area contributed by atoms with Crippen molar-refractivity contribution < 1.29 is 8.42 Å². The molecule has 0 radical (unpaired) electrons. The summed E-state index contributed by atoms with van der Waals surface area (Å²) < 4.78 is 27.4. The Morgan fingerprint density at radius 2 is 2.14 bits per heavy atom. The van der Waals surface area contributed by atoms with Crippen LogP contribution in [0.4, 0.5) is 0 Å². The van der Waals surface area contributed by atoms with Gasteiger partial charge in [-0.25, -0.2) is 8.42 Å². The monoisotopic (exact) mass is 330 g/mol. The predicted octanol–water partition coefficient (Wildman–Crippen LogP) is 2.71. The molecule has 4 nitrogen and oxygen atoms in total. The van der Waals surface area contributed by atoms with Crippen molar-refractivity contribution in [2.75, 3.05) is 26.2 Å². The van der Waals surface area contributed by atoms with Crippen molar-refractivity contribution in [2.24, 2.45) is 5.92 Å². The Morgan fingerprint density at radius 1 is 1.33 bits per heavy atom. The molecule has 0 amide bonds. The summed E-state index contributed by atoms with van der Waals surface area (Å²) in [5.41, 5.74) is 0. The quantitative estimate of drug-likeness (QED) is 0.746. The number of nitrogens with zero attached hydrogens (tertiary/aromatic N) is 1. The smallest absolute Gasteiger partial charge is 0.252 e. The Balaban J connectivity index is 1.96. The molecule has 1 unspecified atom stereocenters. The maximum Gasteiger partial charge on any atom is 0.252 e. The lowest BCUT2D eigenvalue weighted by molar-refractivity contribution is 0.454. The molecule has 21 heavy (non-hydrogen) atoms. The van der Waals surface area contributed by atoms with Crippen LogP contribution in [0.25, 0.3) is 0 Å². The molecule has 1 atom stereocenters. The molecular formula is C15H26N2O2S2. The van der Waals surface area contributed by atoms with Crippen molar-refractivity contribution in [2.45, 2.75) is 43.7 Å². The molecular weight excluding hydrogens is 304 g/mol. The topological polar surface area (TPSA) is 49.4 Å². The molecule has 120 valence electrons. The highest BCUT2D eigenvalue weighted by molar-refractivity contribution is 7.91. The standard InChI is InChI=1S/C15H26N2O2S2/c1-3-9-16-10-7-14-5-6-15(20-14)21(18,19)17-11-8-13(4-2)12-17/h5-6,13,16H,3-4,7-12H2,1-2H3. The van der Waals surface area contributed by atoms with Crippen LogP contribution < -0.4 is 5.32 Å². The predicted molar refractivity (Wildman–Crippen MR) is 88.3 cm³/mol. The zero-order valence-corrected chi connectivity index (χ0v) is 14.6. The highest BCUT2D eigenvalue weighted by Crippen LogP contribution is 2.30. The maximum absolute atomic E-state index is 12.6. The molecule has 0 aromatic carbocycles. The zero-order chi connectivity index (χ0) is 15.3. The van der Waals surface area contributed by atoms with Gasteiger partial charge in [0.05, 0.1) is 0 Å². The molecule has 1 N–H and O–H groups in total. The largest absolute Gasteiger partial charge is 0.316 e. The van der Waals surface area contributed by atoms with Gasteiger partial charge in [0.15, 0.2) is 0 Å². The number of sulfonamides is 1. The molecule has 2 heterocycles. The second-order valence-electron chi connectivity index (χ2n) is 5.65. The SMILES string of the molecule is CCCNCCc1ccc(S(=O)(=O)N2CCC(CC)C2)s1. The van der Waals surface area contributed by atoms with Crippen LogP contribution in [0.5, 0.6) is 0 Å². The summed E-state index contributed by atoms with van der Waals surface area (Å²) in [4.78, 5) is 1.14. The van der Waals surface area contributed by atoms with Gasteiger partial charge in [-0.15, -0.1) is 11.3 Å². The van der Waals surface area contributed by atoms with E-state index in [0.29, 0.717) is 23.2 Å². The molecule has 6 heteroatoms. The molecule has 0 spiro atoms. The lowest BCUT2D eigenvalue weighted by Gasteiger charge is -2.14. The summed E-state index contributed by atoms with van der Waals surface area (Å²) in [6, 6.07) is 3.73. The molecule has 0 saturated carbocycles. The first-order chi connectivity index (χ1) is 10.1. The van der Waals surface area contributed by atoms with Crippen molar-refractivity contribution in [1.29, 1.82) is 0 Å². The molecule has 1 aliphatic heterocycles. The third-order valence-corrected chi connectivity index (χ3v) is 7.51. The average Bonchev–Trinajstić information content (AvgIpc) is 3.13. The average molecular weight is 331 g/mol. The van der Waals surface area contributed by atoms with E-state index in [4.69, 9.17) is 0 Å². The first-order valence-electron chi connectivity index (χ1n) is 7.87. The zero-order valence-electron chi connectivity index (χ0n) is 13.0. The van der Waals surface area contributed by atoms with Gasteiger partial charge in [-0.1, -0.05) is 20.3 Å². The van der Waals surface area contributed by atoms with E-state index in [2.05, 4.69) is 19.2 Å². The van der Waals surface area contributed by atoms with Gasteiger partial charge in [0.2, 0.25) is 0 Å². The number of rotatable bonds is 8. The first kappa shape index (κ1) is 16.9. The van der Waals surface area contributed by atoms with E-state index in [1.54, 1.807) is 10.4 Å². The third-order valence-electron chi connectivity index (χ3n) is 4.03. The Labute approximate surface area is 132 Å². The summed E-state index contributed by atoms with van der Waals surface area (Å²) in [5.74, 6) is 0.525. The fourth-order valence-corrected chi connectivity index (χ4v) is 5.66. The molecule has 1 aliphatic rings. The van der Waals surface area contributed by atoms with Crippen LogP contribution in [0.2, 0.25) is 0 Å². The van der Waals surface area contributed by atoms with E-state index in [0.717, 1.165) is 43.6 Å². The maximum atomic E-state index is 12.6. The van der Waals surface area contributed by atoms with Crippen molar-refractivity contribution in [3.63, 3.8) is 0 Å². The number of nitrogens with one attached hydrogen (secondary N) is 1. The Morgan fingerprint density at radius 3 is 2.81 bits per heavy atom. The van der Waals surface area contributed by atoms with Crippen LogP contribution in [0.1, 0.15) is 38.0 Å². The van der Waals surface area contributed by atoms with E-state index >= 15 is 0 Å². The fraction of sp³-hybridized carbons (Fsp3) is 0.733. The van der Waals surface area contributed by atoms with Crippen molar-refractivity contribution in [3.05, 3.63) is 17.0 Å². The number of thiophene rings is 1. The summed E-state index contributed by atoms with van der Waals surface area (Å²) in [6.45, 7) is 7.56. The minimum Gasteiger partial charge on any atom is -0.316 e. The van der Waals surface area contributed by atoms with Crippen LogP contribution in [0, 0.1) is 5.92 Å². The van der Waals surface area contributed by atoms with Crippen molar-refractivity contribution >= 4 is 21.4 Å². The molecule has 1 aromatic rings. The lowest BCUT2D eigenvalue weighted by atomic mass is 10.1. The van der Waals surface area contributed by atoms with Gasteiger partial charge < -0.3 is 5.32 Å². The van der Waals surface area contributed by atoms with Gasteiger partial charge >= 0.3 is 0 Å². The van der Waals surface area contributed by atoms with E-state index in [1.165, 1.54) is 11.3 Å². The molecule has 0 bridgehead atoms. The molecule has 2 rings (SSSR count). The summed E-state index contributed by atoms with van der Waals surface area (Å²) >= 11 is 1.42. The van der Waals surface area contributed by atoms with Crippen LogP contribution in [-0.4, -0.2) is 38.9 Å². The Hall–Kier alpha value is -0.430. The van der Waals surface area contributed by atoms with Crippen LogP contribution in [0.3, 0.4) is 0 Å². The first-order valence-corrected chi connectivity index (χ1v) is 10.1. The number of hydrogen-bond donors (Lipinski definition) is 1. The summed E-state index contributed by atoms with van der Waals surface area (Å²) in [7, 11) is -3.26. The molecule has 1 saturated heterocycles. The fourth-order valence-electron chi connectivity index (χ4n) is 2.62. The summed E-state index contributed by atoms with van der Waals surface area (Å²) in [6.07, 6.45) is 4.08. The van der Waals surface area contributed by atoms with Crippen molar-refractivity contribution in [3.8, 4) is 0 Å². The minimum atomic E-state index is -3.26. The van der Waals surface area contributed by atoms with E-state index < -0.39 is 10.0 Å². The van der Waals surface area contributed by atoms with E-state index in [-0.39, 0.29) is 0 Å². The third kappa shape index (κ3) is 4.28. The normalized spacial score (nSPS) is 20.2. The van der Waals surface area contributed by atoms with Crippen LogP contribution >= 0.6 is 11.3 Å². The van der Waals surface area contributed by atoms with E-state index in [9.17, 15) is 8.42 Å².